The SMILES string of the molecule is CCC(C)n1ccc(CC2(C(=O)O)CC3CC3C2)n1. The molecular formula is C15H22N2O2. The Morgan fingerprint density at radius 1 is 1.58 bits per heavy atom. The molecule has 3 rings (SSSR count). The number of nitrogens with zero attached hydrogens (tertiary/aromatic N) is 2. The van der Waals surface area contributed by atoms with Gasteiger partial charge in [0.05, 0.1) is 11.1 Å². The van der Waals surface area contributed by atoms with Gasteiger partial charge in [-0.3, -0.25) is 9.48 Å². The van der Waals surface area contributed by atoms with E-state index in [0.717, 1.165) is 25.0 Å². The molecule has 1 heterocycles. The van der Waals surface area contributed by atoms with E-state index in [1.165, 1.54) is 6.42 Å². The molecule has 0 radical (unpaired) electrons. The summed E-state index contributed by atoms with van der Waals surface area (Å²) >= 11 is 0. The van der Waals surface area contributed by atoms with Gasteiger partial charge in [-0.1, -0.05) is 6.92 Å². The molecule has 2 fully saturated rings. The summed E-state index contributed by atoms with van der Waals surface area (Å²) in [5.74, 6) is 0.721. The summed E-state index contributed by atoms with van der Waals surface area (Å²) in [7, 11) is 0. The average Bonchev–Trinajstić information content (AvgIpc) is 2.80. The Morgan fingerprint density at radius 3 is 2.84 bits per heavy atom. The number of hydrogen-bond acceptors (Lipinski definition) is 2. The molecule has 2 aliphatic rings. The van der Waals surface area contributed by atoms with Crippen LogP contribution in [0.25, 0.3) is 0 Å². The number of hydrogen-bond donors (Lipinski definition) is 1. The molecule has 1 aromatic heterocycles. The van der Waals surface area contributed by atoms with Crippen molar-refractivity contribution in [1.82, 2.24) is 9.78 Å². The van der Waals surface area contributed by atoms with Gasteiger partial charge in [0.1, 0.15) is 0 Å². The lowest BCUT2D eigenvalue weighted by molar-refractivity contribution is -0.149. The first-order valence-corrected chi connectivity index (χ1v) is 7.31. The maximum absolute atomic E-state index is 11.7. The van der Waals surface area contributed by atoms with Crippen molar-refractivity contribution < 1.29 is 9.90 Å². The standard InChI is InChI=1S/C15H22N2O2/c1-3-10(2)17-5-4-13(16-17)9-15(14(18)19)7-11-6-12(11)8-15/h4-5,10-12H,3,6-9H2,1-2H3,(H,18,19). The van der Waals surface area contributed by atoms with Crippen molar-refractivity contribution in [3.63, 3.8) is 0 Å². The second-order valence-corrected chi connectivity index (χ2v) is 6.47. The zero-order valence-corrected chi connectivity index (χ0v) is 11.7. The van der Waals surface area contributed by atoms with Gasteiger partial charge in [-0.2, -0.15) is 5.10 Å². The lowest BCUT2D eigenvalue weighted by Gasteiger charge is -2.24. The minimum atomic E-state index is -0.627. The summed E-state index contributed by atoms with van der Waals surface area (Å²) in [4.78, 5) is 11.7. The highest BCUT2D eigenvalue weighted by Gasteiger charge is 2.57. The minimum Gasteiger partial charge on any atom is -0.481 e. The maximum atomic E-state index is 11.7. The topological polar surface area (TPSA) is 55.1 Å². The largest absolute Gasteiger partial charge is 0.481 e. The molecule has 0 saturated heterocycles. The van der Waals surface area contributed by atoms with Gasteiger partial charge >= 0.3 is 5.97 Å². The molecule has 104 valence electrons. The fraction of sp³-hybridized carbons (Fsp3) is 0.733. The van der Waals surface area contributed by atoms with Crippen LogP contribution in [0.3, 0.4) is 0 Å². The normalized spacial score (nSPS) is 34.0. The fourth-order valence-electron chi connectivity index (χ4n) is 3.54. The number of rotatable bonds is 5. The number of carbonyl (C=O) groups is 1. The van der Waals surface area contributed by atoms with Gasteiger partial charge in [0.15, 0.2) is 0 Å². The quantitative estimate of drug-likeness (QED) is 0.887. The van der Waals surface area contributed by atoms with Gasteiger partial charge in [-0.15, -0.1) is 0 Å². The number of carboxylic acids is 1. The molecule has 3 unspecified atom stereocenters. The van der Waals surface area contributed by atoms with Gasteiger partial charge in [-0.25, -0.2) is 0 Å². The lowest BCUT2D eigenvalue weighted by atomic mass is 9.79. The van der Waals surface area contributed by atoms with Crippen LogP contribution in [0.4, 0.5) is 0 Å². The third-order valence-electron chi connectivity index (χ3n) is 5.05. The van der Waals surface area contributed by atoms with Gasteiger partial charge < -0.3 is 5.11 Å². The second-order valence-electron chi connectivity index (χ2n) is 6.47. The Kier molecular flexibility index (Phi) is 2.91. The fourth-order valence-corrected chi connectivity index (χ4v) is 3.54. The molecule has 2 aliphatic carbocycles. The molecule has 2 saturated carbocycles. The molecule has 3 atom stereocenters. The van der Waals surface area contributed by atoms with E-state index in [1.54, 1.807) is 0 Å². The smallest absolute Gasteiger partial charge is 0.310 e. The predicted octanol–water partition coefficient (Wildman–Crippen LogP) is 2.90. The monoisotopic (exact) mass is 262 g/mol. The first kappa shape index (κ1) is 12.7. The number of aliphatic carboxylic acids is 1. The van der Waals surface area contributed by atoms with Crippen molar-refractivity contribution in [2.24, 2.45) is 17.3 Å². The minimum absolute atomic E-state index is 0.381. The van der Waals surface area contributed by atoms with E-state index < -0.39 is 11.4 Å². The Labute approximate surface area is 113 Å². The van der Waals surface area contributed by atoms with Gasteiger partial charge in [0, 0.05) is 18.7 Å². The molecule has 0 bridgehead atoms. The van der Waals surface area contributed by atoms with E-state index in [9.17, 15) is 9.90 Å². The van der Waals surface area contributed by atoms with Crippen molar-refractivity contribution in [3.05, 3.63) is 18.0 Å². The van der Waals surface area contributed by atoms with E-state index >= 15 is 0 Å². The molecule has 0 amide bonds. The summed E-state index contributed by atoms with van der Waals surface area (Å²) < 4.78 is 1.96. The molecule has 1 aromatic rings. The van der Waals surface area contributed by atoms with Gasteiger partial charge in [0.2, 0.25) is 0 Å². The van der Waals surface area contributed by atoms with E-state index in [1.807, 2.05) is 16.9 Å². The van der Waals surface area contributed by atoms with Crippen molar-refractivity contribution in [2.75, 3.05) is 0 Å². The van der Waals surface area contributed by atoms with Crippen LogP contribution in [-0.4, -0.2) is 20.9 Å². The van der Waals surface area contributed by atoms with Crippen LogP contribution >= 0.6 is 0 Å². The zero-order chi connectivity index (χ0) is 13.6. The zero-order valence-electron chi connectivity index (χ0n) is 11.7. The Morgan fingerprint density at radius 2 is 2.26 bits per heavy atom. The van der Waals surface area contributed by atoms with Crippen LogP contribution in [-0.2, 0) is 11.2 Å². The van der Waals surface area contributed by atoms with Crippen LogP contribution in [0.15, 0.2) is 12.3 Å². The third kappa shape index (κ3) is 2.17. The summed E-state index contributed by atoms with van der Waals surface area (Å²) in [5.41, 5.74) is 0.395. The van der Waals surface area contributed by atoms with Crippen LogP contribution in [0.1, 0.15) is 51.3 Å². The number of carboxylic acid groups (broad SMARTS) is 1. The Balaban J connectivity index is 1.76. The molecule has 0 spiro atoms. The lowest BCUT2D eigenvalue weighted by Crippen LogP contribution is -2.32. The Hall–Kier alpha value is -1.32. The van der Waals surface area contributed by atoms with Crippen molar-refractivity contribution in [2.45, 2.75) is 52.0 Å². The Bertz CT molecular complexity index is 484. The maximum Gasteiger partial charge on any atom is 0.310 e. The van der Waals surface area contributed by atoms with Crippen LogP contribution < -0.4 is 0 Å². The molecule has 19 heavy (non-hydrogen) atoms. The molecular weight excluding hydrogens is 240 g/mol. The summed E-state index contributed by atoms with van der Waals surface area (Å²) in [6.45, 7) is 4.27. The highest BCUT2D eigenvalue weighted by atomic mass is 16.4. The third-order valence-corrected chi connectivity index (χ3v) is 5.05. The molecule has 4 nitrogen and oxygen atoms in total. The average molecular weight is 262 g/mol. The summed E-state index contributed by atoms with van der Waals surface area (Å²) in [6, 6.07) is 2.37. The second kappa shape index (κ2) is 4.36. The van der Waals surface area contributed by atoms with Crippen molar-refractivity contribution >= 4 is 5.97 Å². The molecule has 4 heteroatoms. The van der Waals surface area contributed by atoms with E-state index in [2.05, 4.69) is 18.9 Å². The molecule has 1 N–H and O–H groups in total. The molecule has 0 aliphatic heterocycles. The predicted molar refractivity (Wildman–Crippen MR) is 71.8 cm³/mol. The van der Waals surface area contributed by atoms with E-state index in [0.29, 0.717) is 24.3 Å². The van der Waals surface area contributed by atoms with Crippen LogP contribution in [0.2, 0.25) is 0 Å². The summed E-state index contributed by atoms with van der Waals surface area (Å²) in [6.07, 6.45) is 6.56. The van der Waals surface area contributed by atoms with Gasteiger partial charge in [-0.05, 0) is 50.5 Å². The van der Waals surface area contributed by atoms with Crippen LogP contribution in [0, 0.1) is 17.3 Å². The van der Waals surface area contributed by atoms with Gasteiger partial charge in [0.25, 0.3) is 0 Å². The van der Waals surface area contributed by atoms with Crippen molar-refractivity contribution in [3.8, 4) is 0 Å². The van der Waals surface area contributed by atoms with E-state index in [4.69, 9.17) is 0 Å². The highest BCUT2D eigenvalue weighted by molar-refractivity contribution is 5.76. The number of aromatic nitrogens is 2. The summed E-state index contributed by atoms with van der Waals surface area (Å²) in [5, 5.41) is 14.2. The van der Waals surface area contributed by atoms with Crippen LogP contribution in [0.5, 0.6) is 0 Å². The highest BCUT2D eigenvalue weighted by Crippen LogP contribution is 2.60. The molecule has 0 aromatic carbocycles. The first-order chi connectivity index (χ1) is 9.04. The van der Waals surface area contributed by atoms with Crippen molar-refractivity contribution in [1.29, 1.82) is 0 Å². The number of fused-ring (bicyclic) bond motifs is 1. The van der Waals surface area contributed by atoms with E-state index in [-0.39, 0.29) is 0 Å². The first-order valence-electron chi connectivity index (χ1n) is 7.31.